The molecule has 150 valence electrons. The van der Waals surface area contributed by atoms with Crippen LogP contribution in [-0.4, -0.2) is 29.2 Å². The Hall–Kier alpha value is -3.60. The maximum atomic E-state index is 12.2. The molecule has 5 rings (SSSR count). The molecule has 2 aromatic carbocycles. The molecule has 0 saturated carbocycles. The largest absolute Gasteiger partial charge is 0.489 e. The summed E-state index contributed by atoms with van der Waals surface area (Å²) in [4.78, 5) is 46.7. The zero-order valence-corrected chi connectivity index (χ0v) is 16.9. The molecule has 5 heteroatoms. The van der Waals surface area contributed by atoms with E-state index in [1.165, 1.54) is 12.2 Å². The van der Waals surface area contributed by atoms with Gasteiger partial charge in [-0.25, -0.2) is 0 Å². The van der Waals surface area contributed by atoms with Crippen molar-refractivity contribution in [1.82, 2.24) is 0 Å². The van der Waals surface area contributed by atoms with Crippen LogP contribution in [0.5, 0.6) is 0 Å². The van der Waals surface area contributed by atoms with Crippen LogP contribution in [-0.2, 0) is 9.53 Å². The van der Waals surface area contributed by atoms with Crippen LogP contribution in [0.1, 0.15) is 57.4 Å². The summed E-state index contributed by atoms with van der Waals surface area (Å²) < 4.78 is 5.83. The maximum Gasteiger partial charge on any atom is 0.234 e. The third kappa shape index (κ3) is 2.94. The molecule has 0 bridgehead atoms. The fourth-order valence-corrected chi connectivity index (χ4v) is 3.83. The Kier molecular flexibility index (Phi) is 4.61. The summed E-state index contributed by atoms with van der Waals surface area (Å²) in [5.41, 5.74) is 2.31. The number of ether oxygens (including phenoxy) is 1. The van der Waals surface area contributed by atoms with Gasteiger partial charge < -0.3 is 4.74 Å². The molecule has 0 amide bonds. The zero-order chi connectivity index (χ0) is 21.6. The second-order valence-electron chi connectivity index (χ2n) is 8.00. The van der Waals surface area contributed by atoms with Crippen LogP contribution in [0.3, 0.4) is 0 Å². The topological polar surface area (TPSA) is 77.5 Å². The van der Waals surface area contributed by atoms with Crippen molar-refractivity contribution in [3.63, 3.8) is 0 Å². The van der Waals surface area contributed by atoms with Crippen molar-refractivity contribution in [3.8, 4) is 0 Å². The smallest absolute Gasteiger partial charge is 0.234 e. The normalized spacial score (nSPS) is 20.7. The number of allylic oxidation sites excluding steroid dienone is 2. The summed E-state index contributed by atoms with van der Waals surface area (Å²) in [6.45, 7) is 5.82. The van der Waals surface area contributed by atoms with Crippen LogP contribution in [0.2, 0.25) is 0 Å². The van der Waals surface area contributed by atoms with E-state index in [-0.39, 0.29) is 17.7 Å². The van der Waals surface area contributed by atoms with Crippen molar-refractivity contribution < 1.29 is 23.9 Å². The number of Topliss-reactive ketones (excluding diaryl/α,β-unsaturated/α-hetero) is 2. The molecule has 5 nitrogen and oxygen atoms in total. The number of fused-ring (bicyclic) bond motifs is 3. The molecule has 0 spiro atoms. The third-order valence-corrected chi connectivity index (χ3v) is 5.88. The standard InChI is InChI=1S/C15H14O3.C10H6O2/c1-8-15(2,3)11-13(17)12(16)9-6-4-5-7-10(9)14(11)18-8;11-9-5-6-10(12)8-4-2-1-3-7(8)9/h4-8H,1-3H3;1-6H. The average molecular weight is 400 g/mol. The number of rotatable bonds is 0. The average Bonchev–Trinajstić information content (AvgIpc) is 2.99. The molecule has 1 unspecified atom stereocenters. The number of carbonyl (C=O) groups is 4. The third-order valence-electron chi connectivity index (χ3n) is 5.88. The van der Waals surface area contributed by atoms with Gasteiger partial charge in [-0.3, -0.25) is 19.2 Å². The summed E-state index contributed by atoms with van der Waals surface area (Å²) in [5, 5.41) is 0. The van der Waals surface area contributed by atoms with E-state index >= 15 is 0 Å². The van der Waals surface area contributed by atoms with E-state index < -0.39 is 17.0 Å². The predicted molar refractivity (Wildman–Crippen MR) is 111 cm³/mol. The van der Waals surface area contributed by atoms with Gasteiger partial charge in [0.15, 0.2) is 11.6 Å². The number of carbonyl (C=O) groups excluding carboxylic acids is 4. The van der Waals surface area contributed by atoms with E-state index in [0.717, 1.165) is 5.56 Å². The van der Waals surface area contributed by atoms with Gasteiger partial charge in [-0.05, 0) is 19.1 Å². The molecule has 0 radical (unpaired) electrons. The quantitative estimate of drug-likeness (QED) is 0.619. The first-order valence-electron chi connectivity index (χ1n) is 9.69. The summed E-state index contributed by atoms with van der Waals surface area (Å²) in [7, 11) is 0. The molecule has 1 atom stereocenters. The molecule has 0 N–H and O–H groups in total. The van der Waals surface area contributed by atoms with Gasteiger partial charge in [0.1, 0.15) is 11.9 Å². The molecule has 30 heavy (non-hydrogen) atoms. The van der Waals surface area contributed by atoms with Crippen molar-refractivity contribution in [2.45, 2.75) is 26.9 Å². The lowest BCUT2D eigenvalue weighted by Gasteiger charge is -2.24. The lowest BCUT2D eigenvalue weighted by molar-refractivity contribution is -0.112. The first-order chi connectivity index (χ1) is 14.2. The Morgan fingerprint density at radius 2 is 1.17 bits per heavy atom. The van der Waals surface area contributed by atoms with Gasteiger partial charge in [-0.1, -0.05) is 62.4 Å². The highest BCUT2D eigenvalue weighted by Gasteiger charge is 2.49. The molecule has 1 aliphatic heterocycles. The number of ketones is 4. The number of hydrogen-bond donors (Lipinski definition) is 0. The van der Waals surface area contributed by atoms with Crippen LogP contribution in [0, 0.1) is 5.41 Å². The molecule has 2 aromatic rings. The minimum atomic E-state index is -0.421. The highest BCUT2D eigenvalue weighted by Crippen LogP contribution is 2.48. The predicted octanol–water partition coefficient (Wildman–Crippen LogP) is 4.23. The van der Waals surface area contributed by atoms with Gasteiger partial charge in [0.25, 0.3) is 0 Å². The van der Waals surface area contributed by atoms with E-state index in [1.807, 2.05) is 32.9 Å². The first-order valence-corrected chi connectivity index (χ1v) is 9.69. The summed E-state index contributed by atoms with van der Waals surface area (Å²) in [6.07, 6.45) is 2.51. The highest BCUT2D eigenvalue weighted by molar-refractivity contribution is 6.52. The van der Waals surface area contributed by atoms with Gasteiger partial charge in [0.05, 0.1) is 5.57 Å². The molecular formula is C25H20O5. The second kappa shape index (κ2) is 7.02. The Morgan fingerprint density at radius 3 is 1.70 bits per heavy atom. The highest BCUT2D eigenvalue weighted by atomic mass is 16.5. The minimum Gasteiger partial charge on any atom is -0.489 e. The van der Waals surface area contributed by atoms with Crippen LogP contribution in [0.15, 0.2) is 66.3 Å². The molecule has 1 heterocycles. The lowest BCUT2D eigenvalue weighted by atomic mass is 9.74. The number of benzene rings is 2. The van der Waals surface area contributed by atoms with Crippen molar-refractivity contribution in [2.75, 3.05) is 0 Å². The van der Waals surface area contributed by atoms with Crippen molar-refractivity contribution in [2.24, 2.45) is 5.41 Å². The molecule has 2 aliphatic carbocycles. The van der Waals surface area contributed by atoms with E-state index in [0.29, 0.717) is 28.0 Å². The van der Waals surface area contributed by atoms with Crippen molar-refractivity contribution in [3.05, 3.63) is 88.5 Å². The fraction of sp³-hybridized carbons (Fsp3) is 0.200. The molecular weight excluding hydrogens is 380 g/mol. The van der Waals surface area contributed by atoms with Gasteiger partial charge in [0, 0.05) is 27.7 Å². The van der Waals surface area contributed by atoms with Crippen molar-refractivity contribution in [1.29, 1.82) is 0 Å². The van der Waals surface area contributed by atoms with E-state index in [9.17, 15) is 19.2 Å². The van der Waals surface area contributed by atoms with Gasteiger partial charge in [-0.2, -0.15) is 0 Å². The summed E-state index contributed by atoms with van der Waals surface area (Å²) in [5.74, 6) is -0.434. The van der Waals surface area contributed by atoms with Crippen LogP contribution >= 0.6 is 0 Å². The molecule has 0 fully saturated rings. The zero-order valence-electron chi connectivity index (χ0n) is 16.9. The summed E-state index contributed by atoms with van der Waals surface area (Å²) in [6, 6.07) is 14.0. The SMILES string of the molecule is CC1OC2=C(C(=O)C(=O)c3ccccc32)C1(C)C.O=C1C=CC(=O)c2ccccc21. The lowest BCUT2D eigenvalue weighted by Crippen LogP contribution is -2.32. The number of hydrogen-bond acceptors (Lipinski definition) is 5. The Labute approximate surface area is 174 Å². The van der Waals surface area contributed by atoms with Crippen molar-refractivity contribution >= 4 is 28.9 Å². The van der Waals surface area contributed by atoms with Crippen LogP contribution < -0.4 is 0 Å². The maximum absolute atomic E-state index is 12.2. The Balaban J connectivity index is 0.000000158. The first kappa shape index (κ1) is 19.7. The second-order valence-corrected chi connectivity index (χ2v) is 8.00. The van der Waals surface area contributed by atoms with Gasteiger partial charge in [-0.15, -0.1) is 0 Å². The summed E-state index contributed by atoms with van der Waals surface area (Å²) >= 11 is 0. The Morgan fingerprint density at radius 1 is 0.700 bits per heavy atom. The van der Waals surface area contributed by atoms with Crippen LogP contribution in [0.25, 0.3) is 5.76 Å². The monoisotopic (exact) mass is 400 g/mol. The van der Waals surface area contributed by atoms with Crippen LogP contribution in [0.4, 0.5) is 0 Å². The fourth-order valence-electron chi connectivity index (χ4n) is 3.83. The van der Waals surface area contributed by atoms with Gasteiger partial charge >= 0.3 is 0 Å². The molecule has 0 saturated heterocycles. The van der Waals surface area contributed by atoms with E-state index in [1.54, 1.807) is 36.4 Å². The van der Waals surface area contributed by atoms with E-state index in [2.05, 4.69) is 0 Å². The van der Waals surface area contributed by atoms with Gasteiger partial charge in [0.2, 0.25) is 11.6 Å². The minimum absolute atomic E-state index is 0.0924. The molecule has 0 aromatic heterocycles. The molecule has 3 aliphatic rings. The van der Waals surface area contributed by atoms with E-state index in [4.69, 9.17) is 4.74 Å². The Bertz CT molecular complexity index is 1140.